The van der Waals surface area contributed by atoms with Crippen LogP contribution in [-0.2, 0) is 16.6 Å². The Hall–Kier alpha value is -0.910. The van der Waals surface area contributed by atoms with Gasteiger partial charge in [-0.3, -0.25) is 0 Å². The monoisotopic (exact) mass is 296 g/mol. The number of rotatable bonds is 4. The third-order valence-electron chi connectivity index (χ3n) is 3.81. The van der Waals surface area contributed by atoms with Gasteiger partial charge in [0.1, 0.15) is 0 Å². The maximum absolute atomic E-state index is 12.7. The Kier molecular flexibility index (Phi) is 4.52. The van der Waals surface area contributed by atoms with Crippen molar-refractivity contribution in [3.63, 3.8) is 0 Å². The van der Waals surface area contributed by atoms with Crippen molar-refractivity contribution < 1.29 is 8.42 Å². The second-order valence-corrected chi connectivity index (χ2v) is 8.22. The fourth-order valence-corrected chi connectivity index (χ4v) is 4.37. The minimum absolute atomic E-state index is 0.0669. The minimum Gasteiger partial charge on any atom is -0.316 e. The lowest BCUT2D eigenvalue weighted by Crippen LogP contribution is -2.43. The number of hydrogen-bond acceptors (Lipinski definition) is 3. The number of hydrogen-bond donors (Lipinski definition) is 1. The molecule has 0 saturated carbocycles. The molecule has 1 saturated heterocycles. The molecule has 0 aromatic heterocycles. The molecule has 0 spiro atoms. The molecule has 112 valence electrons. The summed E-state index contributed by atoms with van der Waals surface area (Å²) in [5.74, 6) is 0. The van der Waals surface area contributed by atoms with E-state index in [-0.39, 0.29) is 5.41 Å². The molecule has 1 aromatic rings. The first-order valence-corrected chi connectivity index (χ1v) is 8.53. The predicted octanol–water partition coefficient (Wildman–Crippen LogP) is 2.22. The van der Waals surface area contributed by atoms with Crippen molar-refractivity contribution in [3.05, 3.63) is 29.8 Å². The molecule has 0 amide bonds. The summed E-state index contributed by atoms with van der Waals surface area (Å²) in [6.45, 7) is 6.24. The first kappa shape index (κ1) is 15.5. The Balaban J connectivity index is 2.21. The van der Waals surface area contributed by atoms with Crippen LogP contribution in [0.25, 0.3) is 0 Å². The number of nitrogens with one attached hydrogen (secondary N) is 1. The normalized spacial score (nSPS) is 19.9. The van der Waals surface area contributed by atoms with E-state index in [1.165, 1.54) is 0 Å². The first-order chi connectivity index (χ1) is 9.35. The van der Waals surface area contributed by atoms with Crippen molar-refractivity contribution in [1.82, 2.24) is 9.62 Å². The zero-order valence-electron chi connectivity index (χ0n) is 12.5. The molecular formula is C15H24N2O2S. The van der Waals surface area contributed by atoms with Gasteiger partial charge in [0.15, 0.2) is 0 Å². The Bertz CT molecular complexity index is 550. The number of benzene rings is 1. The molecule has 1 fully saturated rings. The topological polar surface area (TPSA) is 49.4 Å². The minimum atomic E-state index is -3.35. The number of sulfonamides is 1. The molecule has 1 N–H and O–H groups in total. The second-order valence-electron chi connectivity index (χ2n) is 6.28. The summed E-state index contributed by atoms with van der Waals surface area (Å²) in [7, 11) is -1.48. The molecule has 0 radical (unpaired) electrons. The lowest BCUT2D eigenvalue weighted by molar-refractivity contribution is 0.187. The zero-order chi connectivity index (χ0) is 14.8. The highest BCUT2D eigenvalue weighted by molar-refractivity contribution is 7.89. The summed E-state index contributed by atoms with van der Waals surface area (Å²) in [6.07, 6.45) is 2.02. The number of piperidine rings is 1. The summed E-state index contributed by atoms with van der Waals surface area (Å²) in [6, 6.07) is 7.17. The van der Waals surface area contributed by atoms with Crippen LogP contribution in [0.3, 0.4) is 0 Å². The van der Waals surface area contributed by atoms with Crippen molar-refractivity contribution in [2.45, 2.75) is 38.1 Å². The Labute approximate surface area is 122 Å². The third kappa shape index (κ3) is 3.40. The highest BCUT2D eigenvalue weighted by atomic mass is 32.2. The molecule has 0 unspecified atom stereocenters. The SMILES string of the molecule is CNCc1ccc(S(=O)(=O)N2CCCC(C)(C)C2)cc1. The van der Waals surface area contributed by atoms with Gasteiger partial charge in [0.05, 0.1) is 4.90 Å². The van der Waals surface area contributed by atoms with Crippen molar-refractivity contribution >= 4 is 10.0 Å². The van der Waals surface area contributed by atoms with Gasteiger partial charge in [-0.2, -0.15) is 4.31 Å². The van der Waals surface area contributed by atoms with Gasteiger partial charge >= 0.3 is 0 Å². The van der Waals surface area contributed by atoms with Crippen molar-refractivity contribution in [2.75, 3.05) is 20.1 Å². The second kappa shape index (κ2) is 5.84. The molecule has 0 bridgehead atoms. The first-order valence-electron chi connectivity index (χ1n) is 7.09. The van der Waals surface area contributed by atoms with Crippen molar-refractivity contribution in [1.29, 1.82) is 0 Å². The summed E-state index contributed by atoms with van der Waals surface area (Å²) >= 11 is 0. The molecule has 1 aromatic carbocycles. The van der Waals surface area contributed by atoms with Crippen molar-refractivity contribution in [2.24, 2.45) is 5.41 Å². The zero-order valence-corrected chi connectivity index (χ0v) is 13.3. The Morgan fingerprint density at radius 2 is 1.90 bits per heavy atom. The smallest absolute Gasteiger partial charge is 0.243 e. The molecule has 5 heteroatoms. The Morgan fingerprint density at radius 3 is 2.45 bits per heavy atom. The van der Waals surface area contributed by atoms with E-state index in [4.69, 9.17) is 0 Å². The standard InChI is InChI=1S/C15H24N2O2S/c1-15(2)9-4-10-17(12-15)20(18,19)14-7-5-13(6-8-14)11-16-3/h5-8,16H,4,9-12H2,1-3H3. The quantitative estimate of drug-likeness (QED) is 0.927. The van der Waals surface area contributed by atoms with Crippen LogP contribution >= 0.6 is 0 Å². The van der Waals surface area contributed by atoms with Gasteiger partial charge in [-0.1, -0.05) is 26.0 Å². The van der Waals surface area contributed by atoms with Gasteiger partial charge in [-0.15, -0.1) is 0 Å². The highest BCUT2D eigenvalue weighted by Gasteiger charge is 2.33. The van der Waals surface area contributed by atoms with E-state index in [0.29, 0.717) is 18.0 Å². The van der Waals surface area contributed by atoms with Crippen LogP contribution < -0.4 is 5.32 Å². The van der Waals surface area contributed by atoms with Gasteiger partial charge in [0.2, 0.25) is 10.0 Å². The lowest BCUT2D eigenvalue weighted by atomic mass is 9.85. The van der Waals surface area contributed by atoms with Gasteiger partial charge in [-0.05, 0) is 43.0 Å². The van der Waals surface area contributed by atoms with E-state index < -0.39 is 10.0 Å². The number of nitrogens with zero attached hydrogens (tertiary/aromatic N) is 1. The van der Waals surface area contributed by atoms with E-state index in [1.54, 1.807) is 16.4 Å². The fraction of sp³-hybridized carbons (Fsp3) is 0.600. The molecule has 1 aliphatic heterocycles. The summed E-state index contributed by atoms with van der Waals surface area (Å²) in [5.41, 5.74) is 1.16. The third-order valence-corrected chi connectivity index (χ3v) is 5.67. The summed E-state index contributed by atoms with van der Waals surface area (Å²) in [4.78, 5) is 0.398. The maximum Gasteiger partial charge on any atom is 0.243 e. The molecule has 2 rings (SSSR count). The van der Waals surface area contributed by atoms with Crippen molar-refractivity contribution in [3.8, 4) is 0 Å². The summed E-state index contributed by atoms with van der Waals surface area (Å²) < 4.78 is 26.9. The average Bonchev–Trinajstić information content (AvgIpc) is 2.38. The van der Waals surface area contributed by atoms with Gasteiger partial charge < -0.3 is 5.32 Å². The van der Waals surface area contributed by atoms with Crippen LogP contribution in [0.2, 0.25) is 0 Å². The molecule has 0 aliphatic carbocycles. The van der Waals surface area contributed by atoms with E-state index in [0.717, 1.165) is 24.9 Å². The Morgan fingerprint density at radius 1 is 1.25 bits per heavy atom. The van der Waals surface area contributed by atoms with Gasteiger partial charge in [0, 0.05) is 19.6 Å². The van der Waals surface area contributed by atoms with Crippen LogP contribution in [0.4, 0.5) is 0 Å². The van der Waals surface area contributed by atoms with Crippen LogP contribution in [0.5, 0.6) is 0 Å². The van der Waals surface area contributed by atoms with Crippen LogP contribution in [0.1, 0.15) is 32.3 Å². The van der Waals surface area contributed by atoms with E-state index >= 15 is 0 Å². The van der Waals surface area contributed by atoms with Gasteiger partial charge in [-0.25, -0.2) is 8.42 Å². The van der Waals surface area contributed by atoms with Crippen LogP contribution in [0.15, 0.2) is 29.2 Å². The van der Waals surface area contributed by atoms with Gasteiger partial charge in [0.25, 0.3) is 0 Å². The van der Waals surface area contributed by atoms with E-state index in [9.17, 15) is 8.42 Å². The molecule has 1 aliphatic rings. The lowest BCUT2D eigenvalue weighted by Gasteiger charge is -2.37. The molecule has 0 atom stereocenters. The van der Waals surface area contributed by atoms with Crippen LogP contribution in [-0.4, -0.2) is 32.9 Å². The van der Waals surface area contributed by atoms with Crippen LogP contribution in [0, 0.1) is 5.41 Å². The summed E-state index contributed by atoms with van der Waals surface area (Å²) in [5, 5.41) is 3.06. The predicted molar refractivity (Wildman–Crippen MR) is 81.0 cm³/mol. The largest absolute Gasteiger partial charge is 0.316 e. The molecule has 4 nitrogen and oxygen atoms in total. The molecular weight excluding hydrogens is 272 g/mol. The maximum atomic E-state index is 12.7. The van der Waals surface area contributed by atoms with E-state index in [2.05, 4.69) is 19.2 Å². The van der Waals surface area contributed by atoms with E-state index in [1.807, 2.05) is 19.2 Å². The molecule has 20 heavy (non-hydrogen) atoms. The fourth-order valence-electron chi connectivity index (χ4n) is 2.71. The average molecular weight is 296 g/mol. The molecule has 1 heterocycles. The highest BCUT2D eigenvalue weighted by Crippen LogP contribution is 2.31.